The topological polar surface area (TPSA) is 70.8 Å². The maximum absolute atomic E-state index is 12.5. The molecule has 0 radical (unpaired) electrons. The Balaban J connectivity index is 3.53. The average molecular weight is 200 g/mol. The molecule has 0 aliphatic carbocycles. The molecule has 0 bridgehead atoms. The van der Waals surface area contributed by atoms with Crippen molar-refractivity contribution >= 4 is 9.84 Å². The van der Waals surface area contributed by atoms with Crippen LogP contribution in [0.5, 0.6) is 0 Å². The van der Waals surface area contributed by atoms with Crippen LogP contribution >= 0.6 is 0 Å². The van der Waals surface area contributed by atoms with Crippen LogP contribution in [0.2, 0.25) is 0 Å². The van der Waals surface area contributed by atoms with Crippen molar-refractivity contribution in [2.24, 2.45) is 0 Å². The second kappa shape index (κ2) is 3.11. The van der Waals surface area contributed by atoms with E-state index in [1.54, 1.807) is 6.07 Å². The number of sulfone groups is 1. The standard InChI is InChI=1S/C7H5FN2O2S/c1-13(11,12)7-5(4-9)2-3-6(8)10-7/h2-3H,1H3. The van der Waals surface area contributed by atoms with Crippen LogP contribution in [0.1, 0.15) is 5.56 Å². The Hall–Kier alpha value is -1.48. The second-order valence-electron chi connectivity index (χ2n) is 2.37. The van der Waals surface area contributed by atoms with E-state index in [-0.39, 0.29) is 5.56 Å². The lowest BCUT2D eigenvalue weighted by Crippen LogP contribution is -2.04. The van der Waals surface area contributed by atoms with Gasteiger partial charge in [-0.15, -0.1) is 0 Å². The largest absolute Gasteiger partial charge is 0.222 e. The summed E-state index contributed by atoms with van der Waals surface area (Å²) in [5.74, 6) is -0.917. The van der Waals surface area contributed by atoms with E-state index in [2.05, 4.69) is 4.98 Å². The van der Waals surface area contributed by atoms with Gasteiger partial charge in [0.15, 0.2) is 14.9 Å². The van der Waals surface area contributed by atoms with Gasteiger partial charge >= 0.3 is 0 Å². The molecule has 0 aromatic carbocycles. The lowest BCUT2D eigenvalue weighted by molar-refractivity contribution is 0.558. The lowest BCUT2D eigenvalue weighted by atomic mass is 10.3. The summed E-state index contributed by atoms with van der Waals surface area (Å²) in [4.78, 5) is 3.14. The molecule has 1 aromatic heterocycles. The summed E-state index contributed by atoms with van der Waals surface area (Å²) < 4.78 is 34.5. The van der Waals surface area contributed by atoms with Gasteiger partial charge in [0.1, 0.15) is 6.07 Å². The molecule has 0 N–H and O–H groups in total. The van der Waals surface area contributed by atoms with Gasteiger partial charge in [-0.2, -0.15) is 9.65 Å². The van der Waals surface area contributed by atoms with E-state index in [4.69, 9.17) is 5.26 Å². The highest BCUT2D eigenvalue weighted by Crippen LogP contribution is 2.11. The number of halogens is 1. The predicted octanol–water partition coefficient (Wildman–Crippen LogP) is 0.496. The van der Waals surface area contributed by atoms with Crippen LogP contribution in [0.3, 0.4) is 0 Å². The molecule has 6 heteroatoms. The van der Waals surface area contributed by atoms with Crippen molar-refractivity contribution in [3.05, 3.63) is 23.6 Å². The van der Waals surface area contributed by atoms with E-state index in [1.807, 2.05) is 0 Å². The minimum Gasteiger partial charge on any atom is -0.222 e. The average Bonchev–Trinajstić information content (AvgIpc) is 2.03. The summed E-state index contributed by atoms with van der Waals surface area (Å²) in [5.41, 5.74) is -0.149. The third-order valence-electron chi connectivity index (χ3n) is 1.30. The number of pyridine rings is 1. The lowest BCUT2D eigenvalue weighted by Gasteiger charge is -1.98. The Labute approximate surface area is 74.6 Å². The van der Waals surface area contributed by atoms with Crippen molar-refractivity contribution in [1.82, 2.24) is 4.98 Å². The molecule has 0 saturated heterocycles. The van der Waals surface area contributed by atoms with Gasteiger partial charge in [-0.25, -0.2) is 13.4 Å². The fourth-order valence-corrected chi connectivity index (χ4v) is 1.55. The Kier molecular flexibility index (Phi) is 2.30. The first-order chi connectivity index (χ1) is 5.95. The van der Waals surface area contributed by atoms with Gasteiger partial charge in [0, 0.05) is 6.26 Å². The van der Waals surface area contributed by atoms with Crippen molar-refractivity contribution in [2.45, 2.75) is 5.03 Å². The maximum Gasteiger partial charge on any atom is 0.214 e. The molecule has 13 heavy (non-hydrogen) atoms. The Morgan fingerprint density at radius 1 is 1.54 bits per heavy atom. The van der Waals surface area contributed by atoms with Crippen LogP contribution in [0.4, 0.5) is 4.39 Å². The third kappa shape index (κ3) is 2.00. The first kappa shape index (κ1) is 9.61. The Morgan fingerprint density at radius 2 is 2.15 bits per heavy atom. The van der Waals surface area contributed by atoms with Crippen molar-refractivity contribution in [3.8, 4) is 6.07 Å². The molecule has 0 spiro atoms. The molecule has 0 unspecified atom stereocenters. The Morgan fingerprint density at radius 3 is 2.62 bits per heavy atom. The summed E-state index contributed by atoms with van der Waals surface area (Å²) in [7, 11) is -3.64. The van der Waals surface area contributed by atoms with E-state index < -0.39 is 20.8 Å². The molecule has 4 nitrogen and oxygen atoms in total. The predicted molar refractivity (Wildman–Crippen MR) is 42.0 cm³/mol. The summed E-state index contributed by atoms with van der Waals surface area (Å²) in [6, 6.07) is 3.64. The number of hydrogen-bond donors (Lipinski definition) is 0. The quantitative estimate of drug-likeness (QED) is 0.619. The minimum absolute atomic E-state index is 0.149. The fourth-order valence-electron chi connectivity index (χ4n) is 0.786. The number of hydrogen-bond acceptors (Lipinski definition) is 4. The molecule has 0 saturated carbocycles. The Bertz CT molecular complexity index is 476. The SMILES string of the molecule is CS(=O)(=O)c1nc(F)ccc1C#N. The van der Waals surface area contributed by atoms with E-state index in [0.29, 0.717) is 0 Å². The number of rotatable bonds is 1. The van der Waals surface area contributed by atoms with Crippen LogP contribution in [-0.4, -0.2) is 19.7 Å². The first-order valence-electron chi connectivity index (χ1n) is 3.22. The monoisotopic (exact) mass is 200 g/mol. The van der Waals surface area contributed by atoms with Crippen LogP contribution < -0.4 is 0 Å². The van der Waals surface area contributed by atoms with E-state index in [0.717, 1.165) is 18.4 Å². The van der Waals surface area contributed by atoms with Crippen molar-refractivity contribution in [2.75, 3.05) is 6.26 Å². The molecule has 0 aliphatic heterocycles. The number of aromatic nitrogens is 1. The van der Waals surface area contributed by atoms with Crippen molar-refractivity contribution in [3.63, 3.8) is 0 Å². The molecule has 1 rings (SSSR count). The van der Waals surface area contributed by atoms with Gasteiger partial charge in [-0.3, -0.25) is 0 Å². The molecule has 0 atom stereocenters. The molecular weight excluding hydrogens is 195 g/mol. The maximum atomic E-state index is 12.5. The summed E-state index contributed by atoms with van der Waals surface area (Å²) in [6.07, 6.45) is 0.871. The molecule has 68 valence electrons. The molecule has 1 aromatic rings. The van der Waals surface area contributed by atoms with Crippen LogP contribution in [-0.2, 0) is 9.84 Å². The molecule has 0 fully saturated rings. The molecule has 0 aliphatic rings. The van der Waals surface area contributed by atoms with Gasteiger partial charge in [0.05, 0.1) is 5.56 Å². The van der Waals surface area contributed by atoms with Gasteiger partial charge in [-0.05, 0) is 12.1 Å². The van der Waals surface area contributed by atoms with Crippen molar-refractivity contribution in [1.29, 1.82) is 5.26 Å². The van der Waals surface area contributed by atoms with E-state index >= 15 is 0 Å². The van der Waals surface area contributed by atoms with Crippen LogP contribution in [0, 0.1) is 17.3 Å². The highest BCUT2D eigenvalue weighted by atomic mass is 32.2. The molecule has 1 heterocycles. The summed E-state index contributed by atoms with van der Waals surface area (Å²) in [5, 5.41) is 7.98. The van der Waals surface area contributed by atoms with Gasteiger partial charge < -0.3 is 0 Å². The highest BCUT2D eigenvalue weighted by molar-refractivity contribution is 7.90. The zero-order valence-corrected chi connectivity index (χ0v) is 7.47. The number of nitrogens with zero attached hydrogens (tertiary/aromatic N) is 2. The normalized spacial score (nSPS) is 10.8. The number of nitriles is 1. The van der Waals surface area contributed by atoms with Crippen LogP contribution in [0.25, 0.3) is 0 Å². The van der Waals surface area contributed by atoms with Gasteiger partial charge in [0.25, 0.3) is 0 Å². The van der Waals surface area contributed by atoms with Crippen LogP contribution in [0.15, 0.2) is 17.2 Å². The zero-order valence-electron chi connectivity index (χ0n) is 6.65. The summed E-state index contributed by atoms with van der Waals surface area (Å²) >= 11 is 0. The van der Waals surface area contributed by atoms with Crippen molar-refractivity contribution < 1.29 is 12.8 Å². The smallest absolute Gasteiger partial charge is 0.214 e. The van der Waals surface area contributed by atoms with E-state index in [1.165, 1.54) is 0 Å². The zero-order chi connectivity index (χ0) is 10.1. The van der Waals surface area contributed by atoms with Gasteiger partial charge in [-0.1, -0.05) is 0 Å². The first-order valence-corrected chi connectivity index (χ1v) is 5.11. The summed E-state index contributed by atoms with van der Waals surface area (Å²) in [6.45, 7) is 0. The van der Waals surface area contributed by atoms with E-state index in [9.17, 15) is 12.8 Å². The minimum atomic E-state index is -3.64. The second-order valence-corrected chi connectivity index (χ2v) is 4.30. The molecule has 0 amide bonds. The highest BCUT2D eigenvalue weighted by Gasteiger charge is 2.15. The third-order valence-corrected chi connectivity index (χ3v) is 2.31. The molecular formula is C7H5FN2O2S. The fraction of sp³-hybridized carbons (Fsp3) is 0.143. The van der Waals surface area contributed by atoms with Gasteiger partial charge in [0.2, 0.25) is 5.95 Å².